The highest BCUT2D eigenvalue weighted by Crippen LogP contribution is 2.20. The summed E-state index contributed by atoms with van der Waals surface area (Å²) in [6, 6.07) is 6.06. The number of fused-ring (bicyclic) bond motifs is 3. The molecule has 0 aliphatic rings. The summed E-state index contributed by atoms with van der Waals surface area (Å²) in [6.07, 6.45) is 4.16. The second kappa shape index (κ2) is 2.38. The fourth-order valence-corrected chi connectivity index (χ4v) is 1.85. The molecular formula is C11H11N3. The summed E-state index contributed by atoms with van der Waals surface area (Å²) in [4.78, 5) is 4.58. The van der Waals surface area contributed by atoms with Gasteiger partial charge in [-0.05, 0) is 19.1 Å². The van der Waals surface area contributed by atoms with Crippen LogP contribution in [0.4, 0.5) is 0 Å². The van der Waals surface area contributed by atoms with Gasteiger partial charge in [-0.3, -0.25) is 4.40 Å². The lowest BCUT2D eigenvalue weighted by atomic mass is 10.4. The Morgan fingerprint density at radius 2 is 2.14 bits per heavy atom. The molecule has 0 aliphatic carbocycles. The molecule has 0 saturated carbocycles. The minimum atomic E-state index is 1.02. The molecular weight excluding hydrogens is 174 g/mol. The second-order valence-corrected chi connectivity index (χ2v) is 3.60. The van der Waals surface area contributed by atoms with Crippen molar-refractivity contribution in [3.8, 4) is 0 Å². The number of pyridine rings is 1. The van der Waals surface area contributed by atoms with Crippen LogP contribution in [0.2, 0.25) is 0 Å². The van der Waals surface area contributed by atoms with E-state index in [0.29, 0.717) is 0 Å². The Hall–Kier alpha value is -1.77. The topological polar surface area (TPSA) is 22.2 Å². The van der Waals surface area contributed by atoms with Crippen LogP contribution in [0, 0.1) is 6.92 Å². The maximum atomic E-state index is 4.58. The van der Waals surface area contributed by atoms with Gasteiger partial charge in [0, 0.05) is 25.1 Å². The monoisotopic (exact) mass is 185 g/mol. The highest BCUT2D eigenvalue weighted by atomic mass is 15.1. The Bertz CT molecular complexity index is 616. The van der Waals surface area contributed by atoms with Gasteiger partial charge in [0.05, 0.1) is 5.52 Å². The summed E-state index contributed by atoms with van der Waals surface area (Å²) >= 11 is 0. The molecule has 0 atom stereocenters. The number of imidazole rings is 1. The molecule has 0 spiro atoms. The van der Waals surface area contributed by atoms with Crippen LogP contribution in [-0.4, -0.2) is 14.0 Å². The largest absolute Gasteiger partial charge is 0.351 e. The SMILES string of the molecule is Cc1c2nc3ccccn3c2cn1C. The van der Waals surface area contributed by atoms with Crippen molar-refractivity contribution in [1.82, 2.24) is 14.0 Å². The van der Waals surface area contributed by atoms with Crippen molar-refractivity contribution in [2.45, 2.75) is 6.92 Å². The van der Waals surface area contributed by atoms with Gasteiger partial charge in [-0.25, -0.2) is 4.98 Å². The van der Waals surface area contributed by atoms with Gasteiger partial charge < -0.3 is 4.57 Å². The molecule has 3 heterocycles. The first-order valence-electron chi connectivity index (χ1n) is 4.66. The molecule has 3 rings (SSSR count). The Balaban J connectivity index is 2.60. The van der Waals surface area contributed by atoms with E-state index in [0.717, 1.165) is 11.2 Å². The summed E-state index contributed by atoms with van der Waals surface area (Å²) in [5.74, 6) is 0. The third-order valence-corrected chi connectivity index (χ3v) is 2.75. The van der Waals surface area contributed by atoms with Gasteiger partial charge in [0.2, 0.25) is 0 Å². The molecule has 0 fully saturated rings. The summed E-state index contributed by atoms with van der Waals surface area (Å²) in [7, 11) is 2.05. The molecule has 3 nitrogen and oxygen atoms in total. The van der Waals surface area contributed by atoms with Crippen molar-refractivity contribution in [1.29, 1.82) is 0 Å². The molecule has 0 amide bonds. The third kappa shape index (κ3) is 0.789. The molecule has 3 aromatic rings. The third-order valence-electron chi connectivity index (χ3n) is 2.75. The second-order valence-electron chi connectivity index (χ2n) is 3.60. The van der Waals surface area contributed by atoms with E-state index < -0.39 is 0 Å². The highest BCUT2D eigenvalue weighted by Gasteiger charge is 2.08. The average molecular weight is 185 g/mol. The first-order chi connectivity index (χ1) is 6.77. The molecule has 0 unspecified atom stereocenters. The maximum Gasteiger partial charge on any atom is 0.138 e. The number of rotatable bonds is 0. The standard InChI is InChI=1S/C11H11N3/c1-8-11-9(7-13(8)2)14-6-4-3-5-10(14)12-11/h3-7H,1-2H3. The van der Waals surface area contributed by atoms with Crippen LogP contribution in [0.15, 0.2) is 30.6 Å². The molecule has 0 N–H and O–H groups in total. The smallest absolute Gasteiger partial charge is 0.138 e. The fraction of sp³-hybridized carbons (Fsp3) is 0.182. The van der Waals surface area contributed by atoms with Gasteiger partial charge in [-0.2, -0.15) is 0 Å². The highest BCUT2D eigenvalue weighted by molar-refractivity contribution is 5.83. The molecule has 3 heteroatoms. The summed E-state index contributed by atoms with van der Waals surface area (Å²) in [5.41, 5.74) is 4.50. The van der Waals surface area contributed by atoms with Gasteiger partial charge >= 0.3 is 0 Å². The van der Waals surface area contributed by atoms with Crippen molar-refractivity contribution in [3.05, 3.63) is 36.3 Å². The zero-order valence-electron chi connectivity index (χ0n) is 8.23. The number of nitrogens with zero attached hydrogens (tertiary/aromatic N) is 3. The van der Waals surface area contributed by atoms with Crippen LogP contribution in [0.25, 0.3) is 16.7 Å². The fourth-order valence-electron chi connectivity index (χ4n) is 1.85. The van der Waals surface area contributed by atoms with Crippen molar-refractivity contribution < 1.29 is 0 Å². The lowest BCUT2D eigenvalue weighted by Gasteiger charge is -1.94. The zero-order chi connectivity index (χ0) is 9.71. The average Bonchev–Trinajstić information content (AvgIpc) is 2.67. The predicted octanol–water partition coefficient (Wildman–Crippen LogP) is 2.13. The van der Waals surface area contributed by atoms with Crippen LogP contribution in [0.1, 0.15) is 5.69 Å². The molecule has 0 saturated heterocycles. The van der Waals surface area contributed by atoms with E-state index in [1.807, 2.05) is 31.4 Å². The molecule has 0 bridgehead atoms. The van der Waals surface area contributed by atoms with Crippen LogP contribution in [0.3, 0.4) is 0 Å². The van der Waals surface area contributed by atoms with Gasteiger partial charge in [0.25, 0.3) is 0 Å². The molecule has 3 aromatic heterocycles. The van der Waals surface area contributed by atoms with E-state index in [2.05, 4.69) is 27.1 Å². The normalized spacial score (nSPS) is 11.6. The van der Waals surface area contributed by atoms with Crippen LogP contribution in [0.5, 0.6) is 0 Å². The number of aromatic nitrogens is 3. The minimum Gasteiger partial charge on any atom is -0.351 e. The van der Waals surface area contributed by atoms with Crippen molar-refractivity contribution in [2.75, 3.05) is 0 Å². The predicted molar refractivity (Wildman–Crippen MR) is 56.4 cm³/mol. The summed E-state index contributed by atoms with van der Waals surface area (Å²) in [6.45, 7) is 2.09. The van der Waals surface area contributed by atoms with Crippen molar-refractivity contribution in [2.24, 2.45) is 7.05 Å². The van der Waals surface area contributed by atoms with E-state index in [9.17, 15) is 0 Å². The van der Waals surface area contributed by atoms with E-state index in [1.54, 1.807) is 0 Å². The Kier molecular flexibility index (Phi) is 1.29. The van der Waals surface area contributed by atoms with E-state index >= 15 is 0 Å². The summed E-state index contributed by atoms with van der Waals surface area (Å²) < 4.78 is 4.22. The Morgan fingerprint density at radius 3 is 3.00 bits per heavy atom. The zero-order valence-corrected chi connectivity index (χ0v) is 8.23. The van der Waals surface area contributed by atoms with Gasteiger partial charge in [0.15, 0.2) is 0 Å². The van der Waals surface area contributed by atoms with E-state index in [1.165, 1.54) is 11.2 Å². The maximum absolute atomic E-state index is 4.58. The Labute approximate surface area is 81.6 Å². The van der Waals surface area contributed by atoms with E-state index in [4.69, 9.17) is 0 Å². The molecule has 0 radical (unpaired) electrons. The summed E-state index contributed by atoms with van der Waals surface area (Å²) in [5, 5.41) is 0. The van der Waals surface area contributed by atoms with Crippen LogP contribution in [-0.2, 0) is 7.05 Å². The lowest BCUT2D eigenvalue weighted by Crippen LogP contribution is -1.88. The Morgan fingerprint density at radius 1 is 1.29 bits per heavy atom. The number of hydrogen-bond donors (Lipinski definition) is 0. The van der Waals surface area contributed by atoms with Gasteiger partial charge in [-0.1, -0.05) is 6.07 Å². The van der Waals surface area contributed by atoms with Crippen LogP contribution < -0.4 is 0 Å². The van der Waals surface area contributed by atoms with Crippen molar-refractivity contribution in [3.63, 3.8) is 0 Å². The number of aryl methyl sites for hydroxylation is 2. The molecule has 70 valence electrons. The first kappa shape index (κ1) is 7.62. The quantitative estimate of drug-likeness (QED) is 0.526. The van der Waals surface area contributed by atoms with Gasteiger partial charge in [0.1, 0.15) is 11.2 Å². The molecule has 14 heavy (non-hydrogen) atoms. The number of hydrogen-bond acceptors (Lipinski definition) is 1. The lowest BCUT2D eigenvalue weighted by molar-refractivity contribution is 0.884. The first-order valence-corrected chi connectivity index (χ1v) is 4.66. The minimum absolute atomic E-state index is 1.02. The van der Waals surface area contributed by atoms with E-state index in [-0.39, 0.29) is 0 Å². The molecule has 0 aromatic carbocycles. The van der Waals surface area contributed by atoms with Gasteiger partial charge in [-0.15, -0.1) is 0 Å². The molecule has 0 aliphatic heterocycles. The van der Waals surface area contributed by atoms with Crippen molar-refractivity contribution >= 4 is 16.7 Å². The van der Waals surface area contributed by atoms with Crippen LogP contribution >= 0.6 is 0 Å².